The number of hydrogen-bond donors (Lipinski definition) is 1. The Hall–Kier alpha value is -3.03. The molecule has 2 fully saturated rings. The average Bonchev–Trinajstić information content (AvgIpc) is 2.86. The zero-order valence-electron chi connectivity index (χ0n) is 25.0. The highest BCUT2D eigenvalue weighted by Crippen LogP contribution is 2.49. The summed E-state index contributed by atoms with van der Waals surface area (Å²) < 4.78 is 58.1. The van der Waals surface area contributed by atoms with Crippen LogP contribution in [0.3, 0.4) is 0 Å². The predicted molar refractivity (Wildman–Crippen MR) is 152 cm³/mol. The van der Waals surface area contributed by atoms with Gasteiger partial charge in [0.1, 0.15) is 5.82 Å². The number of alkyl halides is 3. The second-order valence-electron chi connectivity index (χ2n) is 13.7. The van der Waals surface area contributed by atoms with Crippen LogP contribution >= 0.6 is 0 Å². The van der Waals surface area contributed by atoms with Crippen LogP contribution < -0.4 is 0 Å². The molecule has 2 aliphatic carbocycles. The van der Waals surface area contributed by atoms with Crippen molar-refractivity contribution in [1.82, 2.24) is 0 Å². The third-order valence-corrected chi connectivity index (χ3v) is 9.63. The fraction of sp³-hybridized carbons (Fsp3) is 0.559. The topological polar surface area (TPSA) is 71.4 Å². The van der Waals surface area contributed by atoms with E-state index < -0.39 is 52.0 Å². The van der Waals surface area contributed by atoms with Crippen molar-refractivity contribution in [2.75, 3.05) is 0 Å². The van der Waals surface area contributed by atoms with Gasteiger partial charge in [-0.15, -0.1) is 0 Å². The lowest BCUT2D eigenvalue weighted by molar-refractivity contribution is -0.150. The van der Waals surface area contributed by atoms with Gasteiger partial charge in [-0.05, 0) is 118 Å². The maximum absolute atomic E-state index is 14.6. The number of hydrogen-bond acceptors (Lipinski definition) is 3. The van der Waals surface area contributed by atoms with E-state index >= 15 is 0 Å². The van der Waals surface area contributed by atoms with E-state index in [4.69, 9.17) is 0 Å². The van der Waals surface area contributed by atoms with Gasteiger partial charge < -0.3 is 5.11 Å². The predicted octanol–water partition coefficient (Wildman–Crippen LogP) is 9.11. The van der Waals surface area contributed by atoms with Crippen LogP contribution in [0.1, 0.15) is 121 Å². The number of Topliss-reactive ketones (excluding diaryl/α,β-unsaturated/α-hetero) is 2. The van der Waals surface area contributed by atoms with E-state index in [9.17, 15) is 37.1 Å². The Labute approximate surface area is 244 Å². The van der Waals surface area contributed by atoms with Crippen molar-refractivity contribution in [1.29, 1.82) is 0 Å². The molecule has 4 rings (SSSR count). The number of aliphatic carboxylic acids is 1. The first-order valence-corrected chi connectivity index (χ1v) is 14.7. The average molecular weight is 589 g/mol. The number of carboxylic acid groups (broad SMARTS) is 1. The van der Waals surface area contributed by atoms with E-state index in [0.717, 1.165) is 18.9 Å². The van der Waals surface area contributed by atoms with Crippen molar-refractivity contribution in [2.45, 2.75) is 98.1 Å². The molecule has 1 atom stereocenters. The van der Waals surface area contributed by atoms with E-state index in [0.29, 0.717) is 42.4 Å². The molecule has 0 bridgehead atoms. The molecule has 0 spiro atoms. The van der Waals surface area contributed by atoms with Gasteiger partial charge in [-0.1, -0.05) is 26.0 Å². The minimum absolute atomic E-state index is 0.0660. The van der Waals surface area contributed by atoms with Gasteiger partial charge in [0.2, 0.25) is 0 Å². The molecule has 8 heteroatoms. The first-order chi connectivity index (χ1) is 19.4. The molecule has 2 aliphatic rings. The fourth-order valence-electron chi connectivity index (χ4n) is 7.27. The monoisotopic (exact) mass is 588 g/mol. The normalized spacial score (nSPS) is 23.2. The molecule has 1 N–H and O–H groups in total. The van der Waals surface area contributed by atoms with Crippen molar-refractivity contribution in [3.8, 4) is 0 Å². The number of carboxylic acids is 1. The highest BCUT2D eigenvalue weighted by atomic mass is 19.4. The molecule has 228 valence electrons. The van der Waals surface area contributed by atoms with Gasteiger partial charge in [-0.2, -0.15) is 13.2 Å². The summed E-state index contributed by atoms with van der Waals surface area (Å²) in [5, 5.41) is 9.56. The largest absolute Gasteiger partial charge is 0.481 e. The number of benzene rings is 2. The van der Waals surface area contributed by atoms with Crippen molar-refractivity contribution in [3.05, 3.63) is 69.5 Å². The summed E-state index contributed by atoms with van der Waals surface area (Å²) in [6.07, 6.45) is -1.75. The molecule has 0 heterocycles. The van der Waals surface area contributed by atoms with Crippen LogP contribution in [0.25, 0.3) is 0 Å². The summed E-state index contributed by atoms with van der Waals surface area (Å²) in [6.45, 7) is 9.10. The van der Waals surface area contributed by atoms with E-state index in [2.05, 4.69) is 13.8 Å². The van der Waals surface area contributed by atoms with Crippen LogP contribution in [0.5, 0.6) is 0 Å². The SMILES string of the molecule is Cc1cc(C(=O)C(CC(=O)c2c(C)cccc2F)CC2CC(C)(C)C2)c(C(F)(F)F)cc1C1CCC(C)(C(=O)O)CC1. The van der Waals surface area contributed by atoms with Crippen molar-refractivity contribution in [3.63, 3.8) is 0 Å². The Bertz CT molecular complexity index is 1350. The fourth-order valence-corrected chi connectivity index (χ4v) is 7.27. The highest BCUT2D eigenvalue weighted by Gasteiger charge is 2.43. The molecule has 2 saturated carbocycles. The van der Waals surface area contributed by atoms with Crippen LogP contribution in [-0.4, -0.2) is 22.6 Å². The molecule has 0 amide bonds. The zero-order valence-corrected chi connectivity index (χ0v) is 25.0. The van der Waals surface area contributed by atoms with Gasteiger partial charge in [0.15, 0.2) is 11.6 Å². The second kappa shape index (κ2) is 11.6. The highest BCUT2D eigenvalue weighted by molar-refractivity contribution is 6.05. The summed E-state index contributed by atoms with van der Waals surface area (Å²) in [5.74, 6) is -4.13. The minimum Gasteiger partial charge on any atom is -0.481 e. The molecule has 2 aromatic rings. The molecule has 4 nitrogen and oxygen atoms in total. The summed E-state index contributed by atoms with van der Waals surface area (Å²) in [6, 6.07) is 6.59. The molecule has 42 heavy (non-hydrogen) atoms. The van der Waals surface area contributed by atoms with E-state index in [1.165, 1.54) is 18.2 Å². The number of carbonyl (C=O) groups excluding carboxylic acids is 2. The standard InChI is InChI=1S/C34H40F4O4/c1-19-7-6-8-27(35)29(19)28(39)15-23(14-21-17-32(3,4)18-21)30(40)25-13-20(2)24(16-26(25)34(36,37)38)22-9-11-33(5,12-10-22)31(41)42/h6-8,13,16,21-23H,9-12,14-15,17-18H2,1-5H3,(H,41,42). The van der Waals surface area contributed by atoms with Gasteiger partial charge in [0, 0.05) is 17.9 Å². The molecule has 0 saturated heterocycles. The Kier molecular flexibility index (Phi) is 8.79. The lowest BCUT2D eigenvalue weighted by Gasteiger charge is -2.44. The van der Waals surface area contributed by atoms with Gasteiger partial charge in [0.25, 0.3) is 0 Å². The van der Waals surface area contributed by atoms with Crippen LogP contribution in [0.15, 0.2) is 30.3 Å². The number of rotatable bonds is 9. The zero-order chi connectivity index (χ0) is 31.2. The van der Waals surface area contributed by atoms with Gasteiger partial charge in [-0.25, -0.2) is 4.39 Å². The molecule has 2 aromatic carbocycles. The summed E-state index contributed by atoms with van der Waals surface area (Å²) in [4.78, 5) is 38.9. The Balaban J connectivity index is 1.69. The molecule has 0 aromatic heterocycles. The maximum atomic E-state index is 14.6. The lowest BCUT2D eigenvalue weighted by Crippen LogP contribution is -2.35. The summed E-state index contributed by atoms with van der Waals surface area (Å²) >= 11 is 0. The van der Waals surface area contributed by atoms with Crippen LogP contribution in [0.4, 0.5) is 17.6 Å². The Morgan fingerprint density at radius 3 is 2.14 bits per heavy atom. The minimum atomic E-state index is -4.81. The smallest absolute Gasteiger partial charge is 0.417 e. The second-order valence-corrected chi connectivity index (χ2v) is 13.7. The van der Waals surface area contributed by atoms with E-state index in [1.807, 2.05) is 0 Å². The molecular weight excluding hydrogens is 548 g/mol. The first-order valence-electron chi connectivity index (χ1n) is 14.7. The number of aryl methyl sites for hydroxylation is 2. The van der Waals surface area contributed by atoms with Crippen LogP contribution in [0.2, 0.25) is 0 Å². The van der Waals surface area contributed by atoms with Crippen molar-refractivity contribution in [2.24, 2.45) is 22.7 Å². The van der Waals surface area contributed by atoms with Gasteiger partial charge in [0.05, 0.1) is 16.5 Å². The maximum Gasteiger partial charge on any atom is 0.417 e. The third kappa shape index (κ3) is 6.63. The lowest BCUT2D eigenvalue weighted by atomic mass is 9.61. The van der Waals surface area contributed by atoms with E-state index in [-0.39, 0.29) is 35.7 Å². The number of halogens is 4. The first kappa shape index (κ1) is 31.9. The number of carbonyl (C=O) groups is 3. The van der Waals surface area contributed by atoms with E-state index in [1.54, 1.807) is 26.8 Å². The van der Waals surface area contributed by atoms with Gasteiger partial charge >= 0.3 is 12.1 Å². The molecule has 1 unspecified atom stereocenters. The summed E-state index contributed by atoms with van der Waals surface area (Å²) in [5.41, 5.74) is -1.03. The Morgan fingerprint density at radius 2 is 1.62 bits per heavy atom. The number of ketones is 2. The Morgan fingerprint density at radius 1 is 1.00 bits per heavy atom. The third-order valence-electron chi connectivity index (χ3n) is 9.63. The molecule has 0 aliphatic heterocycles. The quantitative estimate of drug-likeness (QED) is 0.234. The van der Waals surface area contributed by atoms with Crippen molar-refractivity contribution >= 4 is 17.5 Å². The molecular formula is C34H40F4O4. The van der Waals surface area contributed by atoms with Gasteiger partial charge in [-0.3, -0.25) is 14.4 Å². The van der Waals surface area contributed by atoms with Crippen molar-refractivity contribution < 1.29 is 37.1 Å². The molecule has 0 radical (unpaired) electrons. The van der Waals surface area contributed by atoms with Crippen LogP contribution in [0, 0.1) is 42.3 Å². The summed E-state index contributed by atoms with van der Waals surface area (Å²) in [7, 11) is 0. The van der Waals surface area contributed by atoms with Crippen LogP contribution in [-0.2, 0) is 11.0 Å².